The molecule has 0 radical (unpaired) electrons. The number of hydrogen-bond donors (Lipinski definition) is 1. The van der Waals surface area contributed by atoms with Crippen LogP contribution in [0.25, 0.3) is 11.2 Å². The molecule has 2 aromatic heterocycles. The van der Waals surface area contributed by atoms with Gasteiger partial charge < -0.3 is 28.8 Å². The average Bonchev–Trinajstić information content (AvgIpc) is 3.14. The first-order chi connectivity index (χ1) is 12.7. The van der Waals surface area contributed by atoms with Crippen LogP contribution in [0, 0.1) is 0 Å². The Labute approximate surface area is 161 Å². The van der Waals surface area contributed by atoms with Gasteiger partial charge in [-0.1, -0.05) is 11.6 Å². The molecule has 0 aromatic carbocycles. The van der Waals surface area contributed by atoms with Gasteiger partial charge in [-0.05, 0) is 27.7 Å². The molecule has 1 aliphatic rings. The number of aromatic nitrogens is 4. The van der Waals surface area contributed by atoms with Crippen molar-refractivity contribution in [3.63, 3.8) is 0 Å². The second-order valence-corrected chi connectivity index (χ2v) is 8.97. The lowest BCUT2D eigenvalue weighted by atomic mass is 10.4. The van der Waals surface area contributed by atoms with Crippen LogP contribution in [0.4, 0.5) is 5.95 Å². The fourth-order valence-electron chi connectivity index (χ4n) is 2.68. The van der Waals surface area contributed by atoms with E-state index in [1.165, 1.54) is 0 Å². The van der Waals surface area contributed by atoms with Crippen LogP contribution in [0.15, 0.2) is 6.33 Å². The summed E-state index contributed by atoms with van der Waals surface area (Å²) in [6, 6.07) is -1.09. The summed E-state index contributed by atoms with van der Waals surface area (Å²) < 4.78 is 37.3. The van der Waals surface area contributed by atoms with E-state index in [9.17, 15) is 4.57 Å². The lowest BCUT2D eigenvalue weighted by Crippen LogP contribution is -2.22. The summed E-state index contributed by atoms with van der Waals surface area (Å²) >= 11 is 6.04. The van der Waals surface area contributed by atoms with Gasteiger partial charge in [0, 0.05) is 0 Å². The van der Waals surface area contributed by atoms with E-state index in [-0.39, 0.29) is 29.9 Å². The topological polar surface area (TPSA) is 124 Å². The maximum absolute atomic E-state index is 13.1. The van der Waals surface area contributed by atoms with Crippen LogP contribution in [-0.4, -0.2) is 50.5 Å². The van der Waals surface area contributed by atoms with Gasteiger partial charge in [-0.15, -0.1) is 0 Å². The van der Waals surface area contributed by atoms with Crippen molar-refractivity contribution < 1.29 is 23.1 Å². The van der Waals surface area contributed by atoms with Crippen LogP contribution in [0.3, 0.4) is 0 Å². The Hall–Kier alpha value is -1.29. The normalized spacial score (nSPS) is 21.0. The molecular weight excluding hydrogens is 397 g/mol. The van der Waals surface area contributed by atoms with Crippen LogP contribution in [0.2, 0.25) is 5.15 Å². The highest BCUT2D eigenvalue weighted by molar-refractivity contribution is 7.54. The maximum atomic E-state index is 13.1. The monoisotopic (exact) mass is 419 g/mol. The van der Waals surface area contributed by atoms with E-state index < -0.39 is 19.7 Å². The SMILES string of the molecule is CC(C)OP(=O)(OC(C)C)[C@H]1OC[C@@H](Cn2cnc3c(Cl)nc(N)nc32)O1. The molecule has 2 aromatic rings. The molecule has 2 N–H and O–H groups in total. The highest BCUT2D eigenvalue weighted by Gasteiger charge is 2.45. The lowest BCUT2D eigenvalue weighted by molar-refractivity contribution is -0.0314. The third-order valence-corrected chi connectivity index (χ3v) is 6.03. The van der Waals surface area contributed by atoms with Crippen LogP contribution < -0.4 is 5.73 Å². The molecule has 0 unspecified atom stereocenters. The van der Waals surface area contributed by atoms with E-state index in [2.05, 4.69) is 15.0 Å². The predicted molar refractivity (Wildman–Crippen MR) is 99.4 cm³/mol. The molecular formula is C15H23ClN5O5P. The minimum atomic E-state index is -3.61. The summed E-state index contributed by atoms with van der Waals surface area (Å²) in [7, 11) is -3.61. The summed E-state index contributed by atoms with van der Waals surface area (Å²) in [6.07, 6.45) is 0.554. The van der Waals surface area contributed by atoms with E-state index in [0.717, 1.165) is 0 Å². The van der Waals surface area contributed by atoms with Crippen molar-refractivity contribution in [3.8, 4) is 0 Å². The zero-order valence-electron chi connectivity index (χ0n) is 15.5. The number of nitrogens with zero attached hydrogens (tertiary/aromatic N) is 4. The van der Waals surface area contributed by atoms with Crippen molar-refractivity contribution >= 4 is 36.3 Å². The van der Waals surface area contributed by atoms with E-state index >= 15 is 0 Å². The van der Waals surface area contributed by atoms with E-state index in [4.69, 9.17) is 35.9 Å². The van der Waals surface area contributed by atoms with Crippen LogP contribution in [0.1, 0.15) is 27.7 Å². The van der Waals surface area contributed by atoms with Crippen molar-refractivity contribution in [3.05, 3.63) is 11.5 Å². The minimum absolute atomic E-state index is 0.0517. The summed E-state index contributed by atoms with van der Waals surface area (Å²) in [5.74, 6) is 0.0517. The van der Waals surface area contributed by atoms with Crippen molar-refractivity contribution in [2.45, 2.75) is 58.6 Å². The quantitative estimate of drug-likeness (QED) is 0.532. The van der Waals surface area contributed by atoms with Gasteiger partial charge in [0.2, 0.25) is 5.95 Å². The van der Waals surface area contributed by atoms with Gasteiger partial charge in [0.1, 0.15) is 11.6 Å². The van der Waals surface area contributed by atoms with Gasteiger partial charge in [0.25, 0.3) is 6.03 Å². The molecule has 27 heavy (non-hydrogen) atoms. The Bertz CT molecular complexity index is 846. The third-order valence-electron chi connectivity index (χ3n) is 3.55. The zero-order valence-corrected chi connectivity index (χ0v) is 17.2. The Balaban J connectivity index is 1.75. The fraction of sp³-hybridized carbons (Fsp3) is 0.667. The number of nitrogen functional groups attached to an aromatic ring is 1. The van der Waals surface area contributed by atoms with Gasteiger partial charge in [0.15, 0.2) is 10.8 Å². The molecule has 3 heterocycles. The number of imidazole rings is 1. The number of hydrogen-bond acceptors (Lipinski definition) is 9. The molecule has 0 bridgehead atoms. The second kappa shape index (κ2) is 7.98. The molecule has 0 saturated carbocycles. The Morgan fingerprint density at radius 1 is 1.33 bits per heavy atom. The lowest BCUT2D eigenvalue weighted by Gasteiger charge is -2.26. The second-order valence-electron chi connectivity index (χ2n) is 6.69. The van der Waals surface area contributed by atoms with E-state index in [0.29, 0.717) is 17.7 Å². The van der Waals surface area contributed by atoms with E-state index in [1.54, 1.807) is 38.6 Å². The first kappa shape index (κ1) is 20.4. The average molecular weight is 420 g/mol. The standard InChI is InChI=1S/C15H23ClN5O5P/c1-8(2)25-27(22,26-9(3)4)15-23-6-10(24-15)5-21-7-18-11-12(16)19-14(17)20-13(11)21/h7-10,15H,5-6H2,1-4H3,(H2,17,19,20)/t10-,15+/m1/s1. The van der Waals surface area contributed by atoms with Crippen LogP contribution in [0.5, 0.6) is 0 Å². The Morgan fingerprint density at radius 3 is 2.63 bits per heavy atom. The summed E-state index contributed by atoms with van der Waals surface area (Å²) in [5.41, 5.74) is 6.59. The summed E-state index contributed by atoms with van der Waals surface area (Å²) in [6.45, 7) is 7.65. The molecule has 1 fully saturated rings. The zero-order chi connectivity index (χ0) is 19.8. The first-order valence-corrected chi connectivity index (χ1v) is 10.5. The summed E-state index contributed by atoms with van der Waals surface area (Å²) in [5, 5.41) is 0.179. The smallest absolute Gasteiger partial charge is 0.368 e. The number of anilines is 1. The molecule has 0 aliphatic carbocycles. The first-order valence-electron chi connectivity index (χ1n) is 8.55. The van der Waals surface area contributed by atoms with Crippen molar-refractivity contribution in [1.29, 1.82) is 0 Å². The maximum Gasteiger partial charge on any atom is 0.386 e. The largest absolute Gasteiger partial charge is 0.386 e. The third kappa shape index (κ3) is 4.59. The molecule has 12 heteroatoms. The van der Waals surface area contributed by atoms with Gasteiger partial charge in [0.05, 0.1) is 31.7 Å². The molecule has 150 valence electrons. The van der Waals surface area contributed by atoms with Crippen molar-refractivity contribution in [2.24, 2.45) is 0 Å². The van der Waals surface area contributed by atoms with Crippen molar-refractivity contribution in [1.82, 2.24) is 19.5 Å². The predicted octanol–water partition coefficient (Wildman–Crippen LogP) is 2.80. The molecule has 3 rings (SSSR count). The number of ether oxygens (including phenoxy) is 2. The minimum Gasteiger partial charge on any atom is -0.368 e. The van der Waals surface area contributed by atoms with Crippen molar-refractivity contribution in [2.75, 3.05) is 12.3 Å². The number of nitrogens with two attached hydrogens (primary N) is 1. The van der Waals surface area contributed by atoms with Gasteiger partial charge in [-0.25, -0.2) is 4.98 Å². The number of halogens is 1. The van der Waals surface area contributed by atoms with Crippen LogP contribution in [-0.2, 0) is 29.6 Å². The number of rotatable bonds is 7. The molecule has 10 nitrogen and oxygen atoms in total. The molecule has 0 amide bonds. The van der Waals surface area contributed by atoms with Gasteiger partial charge >= 0.3 is 7.60 Å². The molecule has 2 atom stereocenters. The van der Waals surface area contributed by atoms with Gasteiger partial charge in [-0.3, -0.25) is 4.57 Å². The molecule has 0 spiro atoms. The molecule has 1 aliphatic heterocycles. The van der Waals surface area contributed by atoms with E-state index in [1.807, 2.05) is 0 Å². The number of fused-ring (bicyclic) bond motifs is 1. The molecule has 1 saturated heterocycles. The summed E-state index contributed by atoms with van der Waals surface area (Å²) in [4.78, 5) is 12.2. The van der Waals surface area contributed by atoms with Gasteiger partial charge in [-0.2, -0.15) is 9.97 Å². The Morgan fingerprint density at radius 2 is 2.00 bits per heavy atom. The highest BCUT2D eigenvalue weighted by atomic mass is 35.5. The van der Waals surface area contributed by atoms with Crippen LogP contribution >= 0.6 is 19.2 Å². The highest BCUT2D eigenvalue weighted by Crippen LogP contribution is 2.57. The fourth-order valence-corrected chi connectivity index (χ4v) is 4.92. The Kier molecular flexibility index (Phi) is 6.05.